The van der Waals surface area contributed by atoms with E-state index in [1.165, 1.54) is 29.0 Å². The maximum atomic E-state index is 14.3. The summed E-state index contributed by atoms with van der Waals surface area (Å²) in [4.78, 5) is 25.6. The molecule has 0 atom stereocenters. The molecule has 0 unspecified atom stereocenters. The van der Waals surface area contributed by atoms with Crippen LogP contribution in [0.4, 0.5) is 10.1 Å². The van der Waals surface area contributed by atoms with E-state index in [0.717, 1.165) is 11.3 Å². The van der Waals surface area contributed by atoms with Crippen molar-refractivity contribution in [2.45, 2.75) is 6.54 Å². The second-order valence-electron chi connectivity index (χ2n) is 6.35. The number of carboxylic acid groups (broad SMARTS) is 1. The fourth-order valence-corrected chi connectivity index (χ4v) is 2.90. The molecule has 0 aliphatic carbocycles. The van der Waals surface area contributed by atoms with Gasteiger partial charge in [-0.25, -0.2) is 9.18 Å². The van der Waals surface area contributed by atoms with E-state index in [0.29, 0.717) is 0 Å². The number of aromatic nitrogens is 1. The van der Waals surface area contributed by atoms with E-state index in [4.69, 9.17) is 0 Å². The van der Waals surface area contributed by atoms with E-state index < -0.39 is 17.2 Å². The van der Waals surface area contributed by atoms with E-state index in [1.807, 2.05) is 49.3 Å². The fourth-order valence-electron chi connectivity index (χ4n) is 2.90. The quantitative estimate of drug-likeness (QED) is 0.749. The van der Waals surface area contributed by atoms with E-state index in [1.54, 1.807) is 6.08 Å². The van der Waals surface area contributed by atoms with Crippen molar-refractivity contribution in [2.24, 2.45) is 0 Å². The topological polar surface area (TPSA) is 62.5 Å². The average Bonchev–Trinajstić information content (AvgIpc) is 2.64. The molecule has 3 aromatic rings. The lowest BCUT2D eigenvalue weighted by Gasteiger charge is -2.12. The van der Waals surface area contributed by atoms with E-state index in [-0.39, 0.29) is 23.0 Å². The summed E-state index contributed by atoms with van der Waals surface area (Å²) in [5, 5.41) is 9.32. The number of carboxylic acids is 1. The van der Waals surface area contributed by atoms with Crippen LogP contribution < -0.4 is 10.3 Å². The van der Waals surface area contributed by atoms with Crippen molar-refractivity contribution < 1.29 is 14.3 Å². The monoisotopic (exact) mass is 366 g/mol. The normalized spacial score (nSPS) is 11.2. The Kier molecular flexibility index (Phi) is 5.07. The zero-order chi connectivity index (χ0) is 19.6. The zero-order valence-electron chi connectivity index (χ0n) is 15.0. The van der Waals surface area contributed by atoms with Crippen LogP contribution in [0.3, 0.4) is 0 Å². The molecule has 0 fully saturated rings. The Labute approximate surface area is 155 Å². The van der Waals surface area contributed by atoms with Crippen LogP contribution in [0.1, 0.15) is 15.9 Å². The maximum absolute atomic E-state index is 14.3. The smallest absolute Gasteiger partial charge is 0.341 e. The highest BCUT2D eigenvalue weighted by molar-refractivity contribution is 5.92. The number of hydrogen-bond acceptors (Lipinski definition) is 3. The van der Waals surface area contributed by atoms with Gasteiger partial charge < -0.3 is 14.6 Å². The lowest BCUT2D eigenvalue weighted by Crippen LogP contribution is -2.19. The van der Waals surface area contributed by atoms with Crippen molar-refractivity contribution in [3.63, 3.8) is 0 Å². The maximum Gasteiger partial charge on any atom is 0.341 e. The molecule has 0 saturated heterocycles. The van der Waals surface area contributed by atoms with E-state index in [2.05, 4.69) is 0 Å². The van der Waals surface area contributed by atoms with Gasteiger partial charge in [0.05, 0.1) is 5.52 Å². The Morgan fingerprint density at radius 1 is 1.19 bits per heavy atom. The van der Waals surface area contributed by atoms with Crippen molar-refractivity contribution in [3.8, 4) is 0 Å². The van der Waals surface area contributed by atoms with Crippen molar-refractivity contribution >= 4 is 28.6 Å². The Hall–Kier alpha value is -3.41. The number of hydrogen-bond donors (Lipinski definition) is 1. The van der Waals surface area contributed by atoms with Gasteiger partial charge in [-0.1, -0.05) is 30.4 Å². The van der Waals surface area contributed by atoms with Gasteiger partial charge in [0.2, 0.25) is 5.43 Å². The van der Waals surface area contributed by atoms with Crippen molar-refractivity contribution in [1.29, 1.82) is 0 Å². The van der Waals surface area contributed by atoms with Gasteiger partial charge in [0.1, 0.15) is 11.4 Å². The predicted octanol–water partition coefficient (Wildman–Crippen LogP) is 3.62. The minimum Gasteiger partial charge on any atom is -0.477 e. The molecule has 0 aliphatic heterocycles. The van der Waals surface area contributed by atoms with Gasteiger partial charge in [0.15, 0.2) is 0 Å². The molecule has 5 nitrogen and oxygen atoms in total. The van der Waals surface area contributed by atoms with Gasteiger partial charge in [0, 0.05) is 37.9 Å². The number of nitrogens with zero attached hydrogens (tertiary/aromatic N) is 2. The summed E-state index contributed by atoms with van der Waals surface area (Å²) in [6.07, 6.45) is 4.85. The van der Waals surface area contributed by atoms with Gasteiger partial charge in [0.25, 0.3) is 0 Å². The number of carbonyl (C=O) groups is 1. The SMILES string of the molecule is CN(C)c1ccc(/C=C/Cn2cc(C(=O)O)c(=O)c3cccc(F)c32)cc1. The van der Waals surface area contributed by atoms with Crippen LogP contribution in [0.15, 0.2) is 59.5 Å². The highest BCUT2D eigenvalue weighted by Crippen LogP contribution is 2.17. The van der Waals surface area contributed by atoms with Crippen LogP contribution >= 0.6 is 0 Å². The van der Waals surface area contributed by atoms with Crippen molar-refractivity contribution in [1.82, 2.24) is 4.57 Å². The largest absolute Gasteiger partial charge is 0.477 e. The van der Waals surface area contributed by atoms with Crippen LogP contribution in [0.2, 0.25) is 0 Å². The Morgan fingerprint density at radius 3 is 2.52 bits per heavy atom. The van der Waals surface area contributed by atoms with Crippen LogP contribution in [-0.2, 0) is 6.54 Å². The molecule has 0 aliphatic rings. The molecule has 0 radical (unpaired) electrons. The third-order valence-electron chi connectivity index (χ3n) is 4.30. The van der Waals surface area contributed by atoms with Gasteiger partial charge >= 0.3 is 5.97 Å². The molecule has 1 N–H and O–H groups in total. The Bertz CT molecular complexity index is 1080. The minimum absolute atomic E-state index is 0.0543. The molecule has 1 heterocycles. The molecule has 0 amide bonds. The van der Waals surface area contributed by atoms with Crippen LogP contribution in [0.5, 0.6) is 0 Å². The predicted molar refractivity (Wildman–Crippen MR) is 105 cm³/mol. The molecule has 0 bridgehead atoms. The Balaban J connectivity index is 1.97. The van der Waals surface area contributed by atoms with Crippen LogP contribution in [0, 0.1) is 5.82 Å². The molecule has 3 rings (SSSR count). The number of para-hydroxylation sites is 1. The molecular weight excluding hydrogens is 347 g/mol. The summed E-state index contributed by atoms with van der Waals surface area (Å²) in [7, 11) is 3.92. The van der Waals surface area contributed by atoms with Crippen molar-refractivity contribution in [3.05, 3.63) is 81.9 Å². The van der Waals surface area contributed by atoms with Crippen LogP contribution in [-0.4, -0.2) is 29.7 Å². The summed E-state index contributed by atoms with van der Waals surface area (Å²) in [5.41, 5.74) is 1.07. The summed E-state index contributed by atoms with van der Waals surface area (Å²) < 4.78 is 15.7. The summed E-state index contributed by atoms with van der Waals surface area (Å²) in [5.74, 6) is -1.89. The molecule has 138 valence electrons. The number of fused-ring (bicyclic) bond motifs is 1. The molecule has 2 aromatic carbocycles. The zero-order valence-corrected chi connectivity index (χ0v) is 15.0. The number of halogens is 1. The van der Waals surface area contributed by atoms with E-state index >= 15 is 0 Å². The molecule has 6 heteroatoms. The van der Waals surface area contributed by atoms with Crippen LogP contribution in [0.25, 0.3) is 17.0 Å². The second-order valence-corrected chi connectivity index (χ2v) is 6.35. The first-order valence-electron chi connectivity index (χ1n) is 8.37. The lowest BCUT2D eigenvalue weighted by atomic mass is 10.1. The minimum atomic E-state index is -1.33. The first-order valence-corrected chi connectivity index (χ1v) is 8.37. The third-order valence-corrected chi connectivity index (χ3v) is 4.30. The average molecular weight is 366 g/mol. The molecular formula is C21H19FN2O3. The second kappa shape index (κ2) is 7.45. The number of rotatable bonds is 5. The van der Waals surface area contributed by atoms with Crippen molar-refractivity contribution in [2.75, 3.05) is 19.0 Å². The molecule has 0 saturated carbocycles. The van der Waals surface area contributed by atoms with Gasteiger partial charge in [-0.05, 0) is 29.8 Å². The third kappa shape index (κ3) is 3.74. The highest BCUT2D eigenvalue weighted by Gasteiger charge is 2.16. The summed E-state index contributed by atoms with van der Waals surface area (Å²) in [6, 6.07) is 12.0. The number of aromatic carboxylic acids is 1. The fraction of sp³-hybridized carbons (Fsp3) is 0.143. The standard InChI is InChI=1S/C21H19FN2O3/c1-23(2)15-10-8-14(9-11-15)5-4-12-24-13-17(21(26)27)20(25)16-6-3-7-18(22)19(16)24/h3-11,13H,12H2,1-2H3,(H,26,27)/b5-4+. The Morgan fingerprint density at radius 2 is 1.89 bits per heavy atom. The summed E-state index contributed by atoms with van der Waals surface area (Å²) >= 11 is 0. The first kappa shape index (κ1) is 18.4. The lowest BCUT2D eigenvalue weighted by molar-refractivity contribution is 0.0695. The van der Waals surface area contributed by atoms with E-state index in [9.17, 15) is 19.1 Å². The summed E-state index contributed by atoms with van der Waals surface area (Å²) in [6.45, 7) is 0.230. The number of benzene rings is 2. The highest BCUT2D eigenvalue weighted by atomic mass is 19.1. The number of allylic oxidation sites excluding steroid dienone is 1. The van der Waals surface area contributed by atoms with Gasteiger partial charge in [-0.3, -0.25) is 4.79 Å². The molecule has 0 spiro atoms. The number of pyridine rings is 1. The number of anilines is 1. The van der Waals surface area contributed by atoms with Gasteiger partial charge in [-0.2, -0.15) is 0 Å². The van der Waals surface area contributed by atoms with Gasteiger partial charge in [-0.15, -0.1) is 0 Å². The molecule has 27 heavy (non-hydrogen) atoms. The first-order chi connectivity index (χ1) is 12.9. The molecule has 1 aromatic heterocycles.